The smallest absolute Gasteiger partial charge is 0.358 e. The van der Waals surface area contributed by atoms with Gasteiger partial charge in [0.1, 0.15) is 0 Å². The summed E-state index contributed by atoms with van der Waals surface area (Å²) in [5, 5.41) is 0. The van der Waals surface area contributed by atoms with Crippen molar-refractivity contribution < 1.29 is 51.4 Å². The standard InChI is InChI=1S/C4H9.CH3.K/c1-4(2)3;;/h1-3H3;1H3;/q2*-1;+1. The van der Waals surface area contributed by atoms with Gasteiger partial charge in [-0.1, -0.05) is 0 Å². The van der Waals surface area contributed by atoms with E-state index in [-0.39, 0.29) is 58.8 Å². The van der Waals surface area contributed by atoms with Crippen molar-refractivity contribution in [3.63, 3.8) is 0 Å². The molecule has 0 aromatic rings. The van der Waals surface area contributed by atoms with Crippen molar-refractivity contribution in [1.82, 2.24) is 0 Å². The van der Waals surface area contributed by atoms with Crippen molar-refractivity contribution in [1.29, 1.82) is 0 Å². The van der Waals surface area contributed by atoms with E-state index in [1.165, 1.54) is 5.92 Å². The van der Waals surface area contributed by atoms with Gasteiger partial charge >= 0.3 is 51.4 Å². The predicted molar refractivity (Wildman–Crippen MR) is 26.7 cm³/mol. The van der Waals surface area contributed by atoms with Crippen molar-refractivity contribution in [2.24, 2.45) is 0 Å². The zero-order valence-corrected chi connectivity index (χ0v) is 8.62. The molecule has 0 spiro atoms. The van der Waals surface area contributed by atoms with E-state index in [0.29, 0.717) is 0 Å². The Kier molecular flexibility index (Phi) is 25.6. The Bertz CT molecular complexity index is 8.66. The number of rotatable bonds is 0. The van der Waals surface area contributed by atoms with Gasteiger partial charge in [0, 0.05) is 0 Å². The topological polar surface area (TPSA) is 0 Å². The molecule has 0 amide bonds. The Labute approximate surface area is 84.1 Å². The van der Waals surface area contributed by atoms with E-state index >= 15 is 0 Å². The quantitative estimate of drug-likeness (QED) is 0.280. The van der Waals surface area contributed by atoms with Crippen LogP contribution >= 0.6 is 0 Å². The van der Waals surface area contributed by atoms with Crippen LogP contribution in [0.1, 0.15) is 20.8 Å². The fraction of sp³-hybridized carbons (Fsp3) is 0.600. The van der Waals surface area contributed by atoms with Crippen molar-refractivity contribution in [2.75, 3.05) is 0 Å². The fourth-order valence-electron chi connectivity index (χ4n) is 0. The molecule has 0 radical (unpaired) electrons. The molecule has 0 aliphatic carbocycles. The van der Waals surface area contributed by atoms with Crippen LogP contribution in [0.25, 0.3) is 0 Å². The van der Waals surface area contributed by atoms with Crippen LogP contribution in [-0.2, 0) is 0 Å². The molecule has 0 saturated carbocycles. The Morgan fingerprint density at radius 1 is 1.00 bits per heavy atom. The first kappa shape index (κ1) is 15.6. The molecule has 1 heteroatoms. The molecule has 0 nitrogen and oxygen atoms in total. The molecular formula is C5H12K-. The minimum atomic E-state index is 0. The normalized spacial score (nSPS) is 6.00. The third kappa shape index (κ3) is 45.2. The predicted octanol–water partition coefficient (Wildman–Crippen LogP) is -0.925. The maximum absolute atomic E-state index is 2.08. The zero-order valence-electron chi connectivity index (χ0n) is 5.50. The summed E-state index contributed by atoms with van der Waals surface area (Å²) in [6.45, 7) is 6.25. The van der Waals surface area contributed by atoms with Gasteiger partial charge in [-0.15, -0.1) is 0 Å². The van der Waals surface area contributed by atoms with Crippen LogP contribution in [0.3, 0.4) is 0 Å². The Morgan fingerprint density at radius 2 is 1.00 bits per heavy atom. The maximum Gasteiger partial charge on any atom is 1.00 e. The SMILES string of the molecule is C[C-](C)C.[CH3-].[K+]. The van der Waals surface area contributed by atoms with Crippen LogP contribution in [0.2, 0.25) is 0 Å². The fourth-order valence-corrected chi connectivity index (χ4v) is 0. The molecule has 34 valence electrons. The molecule has 6 heavy (non-hydrogen) atoms. The molecular weight excluding hydrogens is 99.2 g/mol. The van der Waals surface area contributed by atoms with Crippen molar-refractivity contribution in [2.45, 2.75) is 20.8 Å². The Morgan fingerprint density at radius 3 is 1.00 bits per heavy atom. The number of hydrogen-bond acceptors (Lipinski definition) is 0. The summed E-state index contributed by atoms with van der Waals surface area (Å²) in [5.41, 5.74) is 0. The first-order valence-electron chi connectivity index (χ1n) is 1.50. The largest absolute Gasteiger partial charge is 1.00 e. The molecule has 0 fully saturated rings. The zero-order chi connectivity index (χ0) is 3.58. The summed E-state index contributed by atoms with van der Waals surface area (Å²) in [6, 6.07) is 0. The van der Waals surface area contributed by atoms with Gasteiger partial charge in [-0.05, 0) is 0 Å². The molecule has 0 N–H and O–H groups in total. The van der Waals surface area contributed by atoms with Crippen LogP contribution < -0.4 is 51.4 Å². The molecule has 0 aromatic carbocycles. The summed E-state index contributed by atoms with van der Waals surface area (Å²) >= 11 is 0. The van der Waals surface area contributed by atoms with E-state index in [1.807, 2.05) is 0 Å². The monoisotopic (exact) mass is 111 g/mol. The summed E-state index contributed by atoms with van der Waals surface area (Å²) in [7, 11) is 0. The second-order valence-corrected chi connectivity index (χ2v) is 1.50. The molecule has 0 unspecified atom stereocenters. The van der Waals surface area contributed by atoms with E-state index in [1.54, 1.807) is 0 Å². The van der Waals surface area contributed by atoms with E-state index in [4.69, 9.17) is 0 Å². The van der Waals surface area contributed by atoms with Crippen molar-refractivity contribution in [3.8, 4) is 0 Å². The van der Waals surface area contributed by atoms with Crippen molar-refractivity contribution in [3.05, 3.63) is 13.3 Å². The summed E-state index contributed by atoms with van der Waals surface area (Å²) in [5.74, 6) is 1.42. The van der Waals surface area contributed by atoms with Crippen LogP contribution in [0.15, 0.2) is 0 Å². The van der Waals surface area contributed by atoms with Crippen molar-refractivity contribution >= 4 is 0 Å². The molecule has 0 bridgehead atoms. The van der Waals surface area contributed by atoms with Crippen LogP contribution in [0.4, 0.5) is 0 Å². The molecule has 0 atom stereocenters. The molecule has 0 heterocycles. The van der Waals surface area contributed by atoms with Gasteiger partial charge in [-0.2, -0.15) is 20.8 Å². The third-order valence-corrected chi connectivity index (χ3v) is 0. The minimum Gasteiger partial charge on any atom is -0.358 e. The average Bonchev–Trinajstić information content (AvgIpc) is 0.811. The summed E-state index contributed by atoms with van der Waals surface area (Å²) in [4.78, 5) is 0. The first-order valence-corrected chi connectivity index (χ1v) is 1.50. The molecule has 0 aliphatic heterocycles. The molecule has 0 aromatic heterocycles. The van der Waals surface area contributed by atoms with E-state index in [0.717, 1.165) is 0 Å². The van der Waals surface area contributed by atoms with Crippen LogP contribution in [0, 0.1) is 13.3 Å². The van der Waals surface area contributed by atoms with Crippen LogP contribution in [-0.4, -0.2) is 0 Å². The van der Waals surface area contributed by atoms with Gasteiger partial charge in [0.05, 0.1) is 0 Å². The third-order valence-electron chi connectivity index (χ3n) is 0. The second kappa shape index (κ2) is 9.81. The Balaban J connectivity index is -0.0000000450. The van der Waals surface area contributed by atoms with E-state index < -0.39 is 0 Å². The van der Waals surface area contributed by atoms with Gasteiger partial charge in [-0.25, -0.2) is 0 Å². The summed E-state index contributed by atoms with van der Waals surface area (Å²) in [6.07, 6.45) is 0. The van der Waals surface area contributed by atoms with Gasteiger partial charge in [0.25, 0.3) is 0 Å². The maximum atomic E-state index is 2.08. The number of hydrogen-bond donors (Lipinski definition) is 0. The van der Waals surface area contributed by atoms with Gasteiger partial charge in [0.15, 0.2) is 0 Å². The summed E-state index contributed by atoms with van der Waals surface area (Å²) < 4.78 is 0. The molecule has 0 saturated heterocycles. The van der Waals surface area contributed by atoms with E-state index in [9.17, 15) is 0 Å². The average molecular weight is 111 g/mol. The molecule has 0 aliphatic rings. The minimum absolute atomic E-state index is 0. The van der Waals surface area contributed by atoms with Gasteiger partial charge in [0.2, 0.25) is 0 Å². The van der Waals surface area contributed by atoms with E-state index in [2.05, 4.69) is 20.8 Å². The second-order valence-electron chi connectivity index (χ2n) is 1.50. The first-order chi connectivity index (χ1) is 1.73. The Hall–Kier alpha value is 1.64. The van der Waals surface area contributed by atoms with Gasteiger partial charge < -0.3 is 13.3 Å². The molecule has 0 rings (SSSR count). The van der Waals surface area contributed by atoms with Gasteiger partial charge in [-0.3, -0.25) is 0 Å². The van der Waals surface area contributed by atoms with Crippen LogP contribution in [0.5, 0.6) is 0 Å².